The number of nitrogens with zero attached hydrogens (tertiary/aromatic N) is 2. The van der Waals surface area contributed by atoms with E-state index in [0.717, 1.165) is 22.2 Å². The van der Waals surface area contributed by atoms with Crippen molar-refractivity contribution in [2.75, 3.05) is 0 Å². The summed E-state index contributed by atoms with van der Waals surface area (Å²) in [7, 11) is 0. The molecule has 4 aromatic rings. The lowest BCUT2D eigenvalue weighted by molar-refractivity contribution is 0.568. The van der Waals surface area contributed by atoms with E-state index in [1.54, 1.807) is 0 Å². The normalized spacial score (nSPS) is 13.4. The summed E-state index contributed by atoms with van der Waals surface area (Å²) < 4.78 is 9.68. The maximum Gasteiger partial charge on any atom is 0.113 e. The first-order chi connectivity index (χ1) is 16.9. The van der Waals surface area contributed by atoms with Crippen LogP contribution in [0.15, 0.2) is 48.5 Å². The third-order valence-corrected chi connectivity index (χ3v) is 7.90. The van der Waals surface area contributed by atoms with E-state index >= 15 is 0 Å². The molecule has 3 aromatic carbocycles. The summed E-state index contributed by atoms with van der Waals surface area (Å²) in [6.45, 7) is 27.5. The van der Waals surface area contributed by atoms with Crippen molar-refractivity contribution in [1.82, 2.24) is 8.75 Å². The standard InChI is InChI=1S/C34H44N2S/c1-31(2,3)23-15-21(16-24(19-23)32(4,5)6)27-13-14-28(30-29(27)35-37-36-30)22-17-25(33(7,8)9)20-26(18-22)34(10,11)12/h13-20H,1-12H3. The van der Waals surface area contributed by atoms with Crippen LogP contribution in [-0.2, 0) is 21.7 Å². The fraction of sp³-hybridized carbons (Fsp3) is 0.471. The number of fused-ring (bicyclic) bond motifs is 1. The predicted octanol–water partition coefficient (Wildman–Crippen LogP) is 10.2. The lowest BCUT2D eigenvalue weighted by Crippen LogP contribution is -2.16. The molecule has 196 valence electrons. The minimum atomic E-state index is 0.0617. The van der Waals surface area contributed by atoms with Gasteiger partial charge in [-0.2, -0.15) is 8.75 Å². The molecule has 0 N–H and O–H groups in total. The number of rotatable bonds is 2. The zero-order chi connectivity index (χ0) is 27.6. The van der Waals surface area contributed by atoms with Crippen molar-refractivity contribution in [3.8, 4) is 22.3 Å². The topological polar surface area (TPSA) is 25.8 Å². The van der Waals surface area contributed by atoms with Crippen LogP contribution in [0.4, 0.5) is 0 Å². The van der Waals surface area contributed by atoms with E-state index in [2.05, 4.69) is 132 Å². The summed E-state index contributed by atoms with van der Waals surface area (Å²) in [5.41, 5.74) is 12.4. The molecule has 4 rings (SSSR count). The molecule has 1 aromatic heterocycles. The van der Waals surface area contributed by atoms with Crippen LogP contribution in [-0.4, -0.2) is 8.75 Å². The first-order valence-corrected chi connectivity index (χ1v) is 14.2. The van der Waals surface area contributed by atoms with Crippen LogP contribution in [0.2, 0.25) is 0 Å². The molecule has 37 heavy (non-hydrogen) atoms. The van der Waals surface area contributed by atoms with E-state index in [-0.39, 0.29) is 21.7 Å². The van der Waals surface area contributed by atoms with Crippen LogP contribution in [0.3, 0.4) is 0 Å². The monoisotopic (exact) mass is 512 g/mol. The Kier molecular flexibility index (Phi) is 6.73. The second-order valence-electron chi connectivity index (χ2n) is 14.7. The average molecular weight is 513 g/mol. The Morgan fingerprint density at radius 1 is 0.432 bits per heavy atom. The summed E-state index contributed by atoms with van der Waals surface area (Å²) in [6, 6.07) is 18.7. The van der Waals surface area contributed by atoms with Crippen LogP contribution >= 0.6 is 11.7 Å². The van der Waals surface area contributed by atoms with Crippen molar-refractivity contribution in [2.24, 2.45) is 0 Å². The van der Waals surface area contributed by atoms with Crippen molar-refractivity contribution >= 4 is 22.8 Å². The van der Waals surface area contributed by atoms with Gasteiger partial charge in [-0.05, 0) is 55.0 Å². The highest BCUT2D eigenvalue weighted by atomic mass is 32.1. The zero-order valence-corrected chi connectivity index (χ0v) is 25.7. The highest BCUT2D eigenvalue weighted by Crippen LogP contribution is 2.40. The average Bonchev–Trinajstić information content (AvgIpc) is 3.25. The van der Waals surface area contributed by atoms with Gasteiger partial charge in [0, 0.05) is 11.1 Å². The molecule has 0 amide bonds. The molecular weight excluding hydrogens is 468 g/mol. The Morgan fingerprint density at radius 2 is 0.703 bits per heavy atom. The Balaban J connectivity index is 1.97. The third kappa shape index (κ3) is 5.67. The number of aromatic nitrogens is 2. The summed E-state index contributed by atoms with van der Waals surface area (Å²) in [5.74, 6) is 0. The minimum Gasteiger partial charge on any atom is -0.172 e. The van der Waals surface area contributed by atoms with E-state index in [1.807, 2.05) is 0 Å². The smallest absolute Gasteiger partial charge is 0.113 e. The molecule has 1 heterocycles. The molecule has 0 aliphatic heterocycles. The van der Waals surface area contributed by atoms with Gasteiger partial charge >= 0.3 is 0 Å². The molecule has 2 nitrogen and oxygen atoms in total. The lowest BCUT2D eigenvalue weighted by atomic mass is 9.78. The molecule has 0 spiro atoms. The fourth-order valence-electron chi connectivity index (χ4n) is 4.63. The van der Waals surface area contributed by atoms with Crippen LogP contribution < -0.4 is 0 Å². The maximum absolute atomic E-state index is 4.84. The summed E-state index contributed by atoms with van der Waals surface area (Å²) in [6.07, 6.45) is 0. The van der Waals surface area contributed by atoms with Gasteiger partial charge in [0.05, 0.1) is 11.7 Å². The van der Waals surface area contributed by atoms with Crippen molar-refractivity contribution < 1.29 is 0 Å². The highest BCUT2D eigenvalue weighted by Gasteiger charge is 2.24. The molecule has 0 saturated carbocycles. The van der Waals surface area contributed by atoms with Crippen molar-refractivity contribution in [1.29, 1.82) is 0 Å². The third-order valence-electron chi connectivity index (χ3n) is 7.37. The largest absolute Gasteiger partial charge is 0.172 e. The van der Waals surface area contributed by atoms with Crippen molar-refractivity contribution in [3.63, 3.8) is 0 Å². The van der Waals surface area contributed by atoms with Crippen LogP contribution in [0, 0.1) is 0 Å². The summed E-state index contributed by atoms with van der Waals surface area (Å²) in [4.78, 5) is 0. The molecule has 0 aliphatic carbocycles. The molecule has 0 aliphatic rings. The SMILES string of the molecule is CC(C)(C)c1cc(-c2ccc(-c3cc(C(C)(C)C)cc(C(C)(C)C)c3)c3nsnc23)cc(C(C)(C)C)c1. The van der Waals surface area contributed by atoms with Gasteiger partial charge in [0.25, 0.3) is 0 Å². The zero-order valence-electron chi connectivity index (χ0n) is 24.9. The van der Waals surface area contributed by atoms with E-state index in [1.165, 1.54) is 45.1 Å². The molecule has 0 atom stereocenters. The molecular formula is C34H44N2S. The van der Waals surface area contributed by atoms with Gasteiger partial charge in [-0.15, -0.1) is 0 Å². The quantitative estimate of drug-likeness (QED) is 0.267. The van der Waals surface area contributed by atoms with Gasteiger partial charge in [0.15, 0.2) is 0 Å². The molecule has 0 radical (unpaired) electrons. The molecule has 3 heteroatoms. The molecule has 0 fully saturated rings. The Labute approximate surface area is 228 Å². The van der Waals surface area contributed by atoms with Crippen LogP contribution in [0.25, 0.3) is 33.3 Å². The summed E-state index contributed by atoms with van der Waals surface area (Å²) in [5, 5.41) is 0. The van der Waals surface area contributed by atoms with E-state index in [9.17, 15) is 0 Å². The Morgan fingerprint density at radius 3 is 0.946 bits per heavy atom. The van der Waals surface area contributed by atoms with E-state index in [4.69, 9.17) is 8.75 Å². The lowest BCUT2D eigenvalue weighted by Gasteiger charge is -2.27. The number of hydrogen-bond donors (Lipinski definition) is 0. The van der Waals surface area contributed by atoms with Gasteiger partial charge in [0.2, 0.25) is 0 Å². The molecule has 0 unspecified atom stereocenters. The van der Waals surface area contributed by atoms with Crippen molar-refractivity contribution in [2.45, 2.75) is 105 Å². The van der Waals surface area contributed by atoms with E-state index < -0.39 is 0 Å². The number of benzene rings is 3. The first-order valence-electron chi connectivity index (χ1n) is 13.4. The van der Waals surface area contributed by atoms with E-state index in [0.29, 0.717) is 0 Å². The predicted molar refractivity (Wildman–Crippen MR) is 163 cm³/mol. The number of hydrogen-bond acceptors (Lipinski definition) is 3. The first kappa shape index (κ1) is 27.5. The van der Waals surface area contributed by atoms with Gasteiger partial charge in [-0.25, -0.2) is 0 Å². The van der Waals surface area contributed by atoms with Gasteiger partial charge in [-0.3, -0.25) is 0 Å². The second-order valence-corrected chi connectivity index (χ2v) is 15.2. The van der Waals surface area contributed by atoms with Gasteiger partial charge < -0.3 is 0 Å². The minimum absolute atomic E-state index is 0.0617. The molecule has 0 bridgehead atoms. The Bertz CT molecular complexity index is 1270. The molecule has 0 saturated heterocycles. The fourth-order valence-corrected chi connectivity index (χ4v) is 5.20. The highest BCUT2D eigenvalue weighted by molar-refractivity contribution is 7.00. The Hall–Kier alpha value is -2.52. The van der Waals surface area contributed by atoms with Gasteiger partial charge in [-0.1, -0.05) is 132 Å². The summed E-state index contributed by atoms with van der Waals surface area (Å²) >= 11 is 1.31. The van der Waals surface area contributed by atoms with Gasteiger partial charge in [0.1, 0.15) is 11.0 Å². The van der Waals surface area contributed by atoms with Crippen LogP contribution in [0.1, 0.15) is 105 Å². The maximum atomic E-state index is 4.84. The second kappa shape index (κ2) is 9.05. The van der Waals surface area contributed by atoms with Crippen molar-refractivity contribution in [3.05, 3.63) is 70.8 Å². The van der Waals surface area contributed by atoms with Crippen LogP contribution in [0.5, 0.6) is 0 Å².